The van der Waals surface area contributed by atoms with Crippen LogP contribution >= 0.6 is 0 Å². The molecule has 21 heavy (non-hydrogen) atoms. The highest BCUT2D eigenvalue weighted by Gasteiger charge is 2.20. The summed E-state index contributed by atoms with van der Waals surface area (Å²) in [6, 6.07) is 0.654. The van der Waals surface area contributed by atoms with Crippen molar-refractivity contribution >= 4 is 5.91 Å². The van der Waals surface area contributed by atoms with Crippen LogP contribution in [0.25, 0.3) is 0 Å². The van der Waals surface area contributed by atoms with Crippen molar-refractivity contribution in [2.45, 2.75) is 71.5 Å². The molecule has 1 aromatic rings. The number of nitrogens with one attached hydrogen (secondary N) is 2. The number of hydrogen-bond acceptors (Lipinski definition) is 2. The molecule has 1 atom stereocenters. The van der Waals surface area contributed by atoms with E-state index in [1.54, 1.807) is 0 Å². The first-order valence-corrected chi connectivity index (χ1v) is 8.31. The minimum atomic E-state index is 0.0910. The Morgan fingerprint density at radius 3 is 2.90 bits per heavy atom. The summed E-state index contributed by atoms with van der Waals surface area (Å²) in [6.07, 6.45) is 10.4. The number of carbonyl (C=O) groups excluding carboxylic acids is 1. The van der Waals surface area contributed by atoms with Crippen molar-refractivity contribution in [3.63, 3.8) is 0 Å². The van der Waals surface area contributed by atoms with Crippen LogP contribution in [-0.2, 0) is 17.8 Å². The van der Waals surface area contributed by atoms with Crippen molar-refractivity contribution in [2.75, 3.05) is 6.54 Å². The van der Waals surface area contributed by atoms with E-state index in [4.69, 9.17) is 0 Å². The molecule has 0 aliphatic heterocycles. The van der Waals surface area contributed by atoms with Crippen LogP contribution in [0.1, 0.15) is 63.6 Å². The molecule has 2 rings (SSSR count). The third-order valence-corrected chi connectivity index (χ3v) is 3.98. The van der Waals surface area contributed by atoms with Crippen LogP contribution in [0.3, 0.4) is 0 Å². The molecule has 1 aliphatic carbocycles. The highest BCUT2D eigenvalue weighted by Crippen LogP contribution is 2.29. The maximum absolute atomic E-state index is 11.9. The monoisotopic (exact) mass is 291 g/mol. The SMILES string of the molecule is CCCNC1CCCCc2cn(CC(=O)NC(C)C)cc21. The van der Waals surface area contributed by atoms with Crippen LogP contribution in [-0.4, -0.2) is 23.1 Å². The van der Waals surface area contributed by atoms with E-state index in [2.05, 4.69) is 30.0 Å². The van der Waals surface area contributed by atoms with E-state index in [0.717, 1.165) is 19.4 Å². The number of hydrogen-bond donors (Lipinski definition) is 2. The van der Waals surface area contributed by atoms with Crippen molar-refractivity contribution in [3.8, 4) is 0 Å². The maximum Gasteiger partial charge on any atom is 0.240 e. The first kappa shape index (κ1) is 16.1. The van der Waals surface area contributed by atoms with Crippen LogP contribution in [0.2, 0.25) is 0 Å². The minimum Gasteiger partial charge on any atom is -0.352 e. The van der Waals surface area contributed by atoms with Gasteiger partial charge in [0, 0.05) is 24.5 Å². The summed E-state index contributed by atoms with van der Waals surface area (Å²) in [5.41, 5.74) is 2.82. The Labute approximate surface area is 128 Å². The zero-order valence-corrected chi connectivity index (χ0v) is 13.6. The van der Waals surface area contributed by atoms with Crippen LogP contribution in [0.15, 0.2) is 12.4 Å². The molecule has 0 saturated heterocycles. The second-order valence-corrected chi connectivity index (χ2v) is 6.39. The number of carbonyl (C=O) groups is 1. The molecule has 0 aromatic carbocycles. The molecule has 0 bridgehead atoms. The molecule has 1 aliphatic rings. The van der Waals surface area contributed by atoms with Gasteiger partial charge in [-0.3, -0.25) is 4.79 Å². The molecule has 0 saturated carbocycles. The van der Waals surface area contributed by atoms with Gasteiger partial charge in [-0.1, -0.05) is 13.3 Å². The lowest BCUT2D eigenvalue weighted by molar-refractivity contribution is -0.122. The second-order valence-electron chi connectivity index (χ2n) is 6.39. The normalized spacial score (nSPS) is 18.4. The van der Waals surface area contributed by atoms with Gasteiger partial charge in [0.2, 0.25) is 5.91 Å². The van der Waals surface area contributed by atoms with Crippen LogP contribution in [0.4, 0.5) is 0 Å². The van der Waals surface area contributed by atoms with E-state index in [9.17, 15) is 4.79 Å². The molecule has 1 unspecified atom stereocenters. The lowest BCUT2D eigenvalue weighted by Gasteiger charge is -2.16. The van der Waals surface area contributed by atoms with E-state index in [0.29, 0.717) is 12.6 Å². The topological polar surface area (TPSA) is 46.1 Å². The number of amides is 1. The number of nitrogens with zero attached hydrogens (tertiary/aromatic N) is 1. The number of aryl methyl sites for hydroxylation is 1. The molecule has 1 aromatic heterocycles. The highest BCUT2D eigenvalue weighted by molar-refractivity contribution is 5.76. The zero-order chi connectivity index (χ0) is 15.2. The summed E-state index contributed by atoms with van der Waals surface area (Å²) in [6.45, 7) is 7.67. The largest absolute Gasteiger partial charge is 0.352 e. The van der Waals surface area contributed by atoms with Gasteiger partial charge in [0.15, 0.2) is 0 Å². The Bertz CT molecular complexity index is 465. The molecule has 4 nitrogen and oxygen atoms in total. The van der Waals surface area contributed by atoms with Crippen LogP contribution in [0, 0.1) is 0 Å². The molecule has 4 heteroatoms. The predicted molar refractivity (Wildman–Crippen MR) is 86.3 cm³/mol. The van der Waals surface area contributed by atoms with E-state index < -0.39 is 0 Å². The smallest absolute Gasteiger partial charge is 0.240 e. The minimum absolute atomic E-state index is 0.0910. The number of aromatic nitrogens is 1. The number of rotatable bonds is 6. The first-order valence-electron chi connectivity index (χ1n) is 8.31. The van der Waals surface area contributed by atoms with Crippen molar-refractivity contribution < 1.29 is 4.79 Å². The van der Waals surface area contributed by atoms with Gasteiger partial charge in [0.05, 0.1) is 0 Å². The predicted octanol–water partition coefficient (Wildman–Crippen LogP) is 2.78. The molecule has 118 valence electrons. The van der Waals surface area contributed by atoms with Gasteiger partial charge >= 0.3 is 0 Å². The number of fused-ring (bicyclic) bond motifs is 1. The fraction of sp³-hybridized carbons (Fsp3) is 0.706. The third kappa shape index (κ3) is 4.60. The molecule has 0 radical (unpaired) electrons. The fourth-order valence-electron chi connectivity index (χ4n) is 3.07. The van der Waals surface area contributed by atoms with Crippen molar-refractivity contribution in [1.82, 2.24) is 15.2 Å². The highest BCUT2D eigenvalue weighted by atomic mass is 16.2. The van der Waals surface area contributed by atoms with Gasteiger partial charge in [-0.2, -0.15) is 0 Å². The van der Waals surface area contributed by atoms with Crippen molar-refractivity contribution in [1.29, 1.82) is 0 Å². The quantitative estimate of drug-likeness (QED) is 0.792. The summed E-state index contributed by atoms with van der Waals surface area (Å²) in [5.74, 6) is 0.0910. The van der Waals surface area contributed by atoms with Crippen LogP contribution in [0.5, 0.6) is 0 Å². The van der Waals surface area contributed by atoms with Crippen molar-refractivity contribution in [3.05, 3.63) is 23.5 Å². The van der Waals surface area contributed by atoms with Gasteiger partial charge in [0.1, 0.15) is 6.54 Å². The zero-order valence-electron chi connectivity index (χ0n) is 13.6. The Hall–Kier alpha value is -1.29. The summed E-state index contributed by atoms with van der Waals surface area (Å²) in [7, 11) is 0. The van der Waals surface area contributed by atoms with E-state index in [1.165, 1.54) is 30.4 Å². The summed E-state index contributed by atoms with van der Waals surface area (Å²) in [5, 5.41) is 6.61. The maximum atomic E-state index is 11.9. The summed E-state index contributed by atoms with van der Waals surface area (Å²) < 4.78 is 2.05. The molecule has 0 spiro atoms. The molecule has 1 heterocycles. The van der Waals surface area contributed by atoms with Gasteiger partial charge in [-0.05, 0) is 57.2 Å². The fourth-order valence-corrected chi connectivity index (χ4v) is 3.07. The van der Waals surface area contributed by atoms with E-state index >= 15 is 0 Å². The standard InChI is InChI=1S/C17H29N3O/c1-4-9-18-16-8-6-5-7-14-10-20(11-15(14)16)12-17(21)19-13(2)3/h10-11,13,16,18H,4-9,12H2,1-3H3,(H,19,21). The van der Waals surface area contributed by atoms with Gasteiger partial charge in [0.25, 0.3) is 0 Å². The first-order chi connectivity index (χ1) is 10.1. The van der Waals surface area contributed by atoms with Gasteiger partial charge in [-0.25, -0.2) is 0 Å². The Balaban J connectivity index is 2.08. The molecular formula is C17H29N3O. The third-order valence-electron chi connectivity index (χ3n) is 3.98. The average Bonchev–Trinajstić information content (AvgIpc) is 2.70. The van der Waals surface area contributed by atoms with E-state index in [-0.39, 0.29) is 11.9 Å². The molecule has 2 N–H and O–H groups in total. The second kappa shape index (κ2) is 7.64. The van der Waals surface area contributed by atoms with Gasteiger partial charge in [-0.15, -0.1) is 0 Å². The lowest BCUT2D eigenvalue weighted by atomic mass is 10.0. The Morgan fingerprint density at radius 1 is 1.38 bits per heavy atom. The average molecular weight is 291 g/mol. The Morgan fingerprint density at radius 2 is 2.19 bits per heavy atom. The molecule has 0 fully saturated rings. The Kier molecular flexibility index (Phi) is 5.85. The van der Waals surface area contributed by atoms with Crippen molar-refractivity contribution in [2.24, 2.45) is 0 Å². The molecular weight excluding hydrogens is 262 g/mol. The summed E-state index contributed by atoms with van der Waals surface area (Å²) in [4.78, 5) is 11.9. The molecule has 1 amide bonds. The van der Waals surface area contributed by atoms with Gasteiger partial charge < -0.3 is 15.2 Å². The lowest BCUT2D eigenvalue weighted by Crippen LogP contribution is -2.32. The summed E-state index contributed by atoms with van der Waals surface area (Å²) >= 11 is 0. The van der Waals surface area contributed by atoms with Crippen LogP contribution < -0.4 is 10.6 Å². The van der Waals surface area contributed by atoms with E-state index in [1.807, 2.05) is 18.4 Å².